The van der Waals surface area contributed by atoms with Gasteiger partial charge in [-0.1, -0.05) is 0 Å². The minimum atomic E-state index is -0.679. The number of carbonyl (C=O) groups excluding carboxylic acids is 1. The molecule has 0 saturated carbocycles. The number of nitrogens with two attached hydrogens (primary N) is 1. The van der Waals surface area contributed by atoms with Crippen LogP contribution in [0.3, 0.4) is 0 Å². The number of hydrogen-bond donors (Lipinski definition) is 1. The molecule has 0 spiro atoms. The second kappa shape index (κ2) is 5.16. The maximum absolute atomic E-state index is 11.2. The largest absolute Gasteiger partial charge is 0.468 e. The van der Waals surface area contributed by atoms with Gasteiger partial charge in [0.15, 0.2) is 0 Å². The molecule has 5 heteroatoms. The van der Waals surface area contributed by atoms with E-state index in [1.807, 2.05) is 29.0 Å². The third-order valence-corrected chi connectivity index (χ3v) is 3.08. The van der Waals surface area contributed by atoms with Crippen molar-refractivity contribution in [3.8, 4) is 11.3 Å². The lowest BCUT2D eigenvalue weighted by molar-refractivity contribution is -0.142. The molecule has 0 aromatic carbocycles. The van der Waals surface area contributed by atoms with Crippen molar-refractivity contribution in [2.24, 2.45) is 5.73 Å². The Labute approximate surface area is 103 Å². The lowest BCUT2D eigenvalue weighted by Crippen LogP contribution is -2.33. The predicted octanol–water partition coefficient (Wildman–Crippen LogP) is 2.05. The van der Waals surface area contributed by atoms with Crippen molar-refractivity contribution in [1.82, 2.24) is 0 Å². The summed E-state index contributed by atoms with van der Waals surface area (Å²) >= 11 is 1.61. The number of ether oxygens (including phenoxy) is 1. The van der Waals surface area contributed by atoms with Crippen molar-refractivity contribution in [1.29, 1.82) is 0 Å². The number of esters is 1. The Kier molecular flexibility index (Phi) is 3.61. The molecule has 0 aliphatic carbocycles. The summed E-state index contributed by atoms with van der Waals surface area (Å²) in [6, 6.07) is 5.01. The third kappa shape index (κ3) is 2.75. The number of hydrogen-bond acceptors (Lipinski definition) is 5. The zero-order valence-electron chi connectivity index (χ0n) is 9.38. The van der Waals surface area contributed by atoms with Gasteiger partial charge in [-0.05, 0) is 23.6 Å². The van der Waals surface area contributed by atoms with Crippen molar-refractivity contribution in [3.63, 3.8) is 0 Å². The minimum Gasteiger partial charge on any atom is -0.468 e. The summed E-state index contributed by atoms with van der Waals surface area (Å²) in [7, 11) is 1.32. The van der Waals surface area contributed by atoms with Crippen LogP contribution in [0.15, 0.2) is 33.4 Å². The SMILES string of the molecule is COC(=O)C(N)Cc1ccc(-c2ccsc2)o1. The van der Waals surface area contributed by atoms with Crippen molar-refractivity contribution < 1.29 is 13.9 Å². The van der Waals surface area contributed by atoms with E-state index < -0.39 is 12.0 Å². The third-order valence-electron chi connectivity index (χ3n) is 2.39. The van der Waals surface area contributed by atoms with Crippen LogP contribution in [0.1, 0.15) is 5.76 Å². The first kappa shape index (κ1) is 11.9. The molecule has 1 unspecified atom stereocenters. The zero-order chi connectivity index (χ0) is 12.3. The summed E-state index contributed by atoms with van der Waals surface area (Å²) in [5.41, 5.74) is 6.69. The average molecular weight is 251 g/mol. The molecule has 0 aliphatic heterocycles. The van der Waals surface area contributed by atoms with E-state index in [0.717, 1.165) is 11.3 Å². The van der Waals surface area contributed by atoms with Gasteiger partial charge in [0.2, 0.25) is 0 Å². The van der Waals surface area contributed by atoms with Crippen molar-refractivity contribution >= 4 is 17.3 Å². The van der Waals surface area contributed by atoms with Crippen LogP contribution in [-0.4, -0.2) is 19.1 Å². The highest BCUT2D eigenvalue weighted by Crippen LogP contribution is 2.24. The summed E-state index contributed by atoms with van der Waals surface area (Å²) in [6.07, 6.45) is 0.344. The molecule has 2 aromatic rings. The van der Waals surface area contributed by atoms with Crippen molar-refractivity contribution in [3.05, 3.63) is 34.7 Å². The first-order valence-electron chi connectivity index (χ1n) is 5.15. The normalized spacial score (nSPS) is 12.4. The molecule has 1 atom stereocenters. The zero-order valence-corrected chi connectivity index (χ0v) is 10.2. The first-order chi connectivity index (χ1) is 8.20. The maximum Gasteiger partial charge on any atom is 0.323 e. The predicted molar refractivity (Wildman–Crippen MR) is 65.7 cm³/mol. The van der Waals surface area contributed by atoms with Crippen LogP contribution in [0.2, 0.25) is 0 Å². The van der Waals surface area contributed by atoms with Gasteiger partial charge in [0.25, 0.3) is 0 Å². The second-order valence-corrected chi connectivity index (χ2v) is 4.39. The van der Waals surface area contributed by atoms with Crippen LogP contribution in [0.25, 0.3) is 11.3 Å². The van der Waals surface area contributed by atoms with Gasteiger partial charge >= 0.3 is 5.97 Å². The Morgan fingerprint density at radius 2 is 2.35 bits per heavy atom. The Bertz CT molecular complexity index is 490. The smallest absolute Gasteiger partial charge is 0.323 e. The monoisotopic (exact) mass is 251 g/mol. The summed E-state index contributed by atoms with van der Waals surface area (Å²) < 4.78 is 10.2. The van der Waals surface area contributed by atoms with Gasteiger partial charge in [-0.2, -0.15) is 11.3 Å². The highest BCUT2D eigenvalue weighted by atomic mass is 32.1. The van der Waals surface area contributed by atoms with Crippen molar-refractivity contribution in [2.75, 3.05) is 7.11 Å². The Balaban J connectivity index is 2.06. The van der Waals surface area contributed by atoms with Gasteiger partial charge in [0.05, 0.1) is 7.11 Å². The van der Waals surface area contributed by atoms with Crippen LogP contribution < -0.4 is 5.73 Å². The van der Waals surface area contributed by atoms with Crippen LogP contribution >= 0.6 is 11.3 Å². The summed E-state index contributed by atoms with van der Waals surface area (Å²) in [5.74, 6) is 1.04. The van der Waals surface area contributed by atoms with Crippen LogP contribution in [0.4, 0.5) is 0 Å². The number of furan rings is 1. The van der Waals surface area contributed by atoms with E-state index in [-0.39, 0.29) is 0 Å². The fourth-order valence-electron chi connectivity index (χ4n) is 1.50. The molecule has 0 amide bonds. The van der Waals surface area contributed by atoms with Gasteiger partial charge in [-0.3, -0.25) is 4.79 Å². The topological polar surface area (TPSA) is 65.5 Å². The average Bonchev–Trinajstić information content (AvgIpc) is 2.97. The number of rotatable bonds is 4. The van der Waals surface area contributed by atoms with E-state index in [1.54, 1.807) is 11.3 Å². The molecule has 2 heterocycles. The molecule has 2 rings (SSSR count). The molecule has 0 bridgehead atoms. The molecule has 2 N–H and O–H groups in total. The Hall–Kier alpha value is -1.59. The van der Waals surface area contributed by atoms with E-state index in [9.17, 15) is 4.79 Å². The molecule has 90 valence electrons. The highest BCUT2D eigenvalue weighted by molar-refractivity contribution is 7.08. The van der Waals surface area contributed by atoms with E-state index in [4.69, 9.17) is 10.2 Å². The molecule has 0 radical (unpaired) electrons. The van der Waals surface area contributed by atoms with Gasteiger partial charge < -0.3 is 14.9 Å². The standard InChI is InChI=1S/C12H13NO3S/c1-15-12(14)10(13)6-9-2-3-11(16-9)8-4-5-17-7-8/h2-5,7,10H,6,13H2,1H3. The van der Waals surface area contributed by atoms with Gasteiger partial charge in [-0.15, -0.1) is 0 Å². The summed E-state index contributed by atoms with van der Waals surface area (Å²) in [6.45, 7) is 0. The van der Waals surface area contributed by atoms with Crippen LogP contribution in [0.5, 0.6) is 0 Å². The van der Waals surface area contributed by atoms with Crippen molar-refractivity contribution in [2.45, 2.75) is 12.5 Å². The number of methoxy groups -OCH3 is 1. The lowest BCUT2D eigenvalue weighted by Gasteiger charge is -2.06. The first-order valence-corrected chi connectivity index (χ1v) is 6.09. The van der Waals surface area contributed by atoms with E-state index >= 15 is 0 Å². The summed E-state index contributed by atoms with van der Waals surface area (Å²) in [4.78, 5) is 11.2. The molecule has 0 saturated heterocycles. The second-order valence-electron chi connectivity index (χ2n) is 3.61. The van der Waals surface area contributed by atoms with Gasteiger partial charge in [0.1, 0.15) is 17.6 Å². The van der Waals surface area contributed by atoms with E-state index in [0.29, 0.717) is 12.2 Å². The minimum absolute atomic E-state index is 0.344. The number of thiophene rings is 1. The molecule has 0 fully saturated rings. The number of carbonyl (C=O) groups is 1. The van der Waals surface area contributed by atoms with E-state index in [2.05, 4.69) is 4.74 Å². The molecule has 0 aliphatic rings. The molecule has 2 aromatic heterocycles. The lowest BCUT2D eigenvalue weighted by atomic mass is 10.2. The fraction of sp³-hybridized carbons (Fsp3) is 0.250. The summed E-state index contributed by atoms with van der Waals surface area (Å²) in [5, 5.41) is 3.99. The Morgan fingerprint density at radius 3 is 3.00 bits per heavy atom. The highest BCUT2D eigenvalue weighted by Gasteiger charge is 2.16. The maximum atomic E-state index is 11.2. The molecule has 4 nitrogen and oxygen atoms in total. The molecule has 17 heavy (non-hydrogen) atoms. The molecular weight excluding hydrogens is 238 g/mol. The van der Waals surface area contributed by atoms with Crippen LogP contribution in [-0.2, 0) is 16.0 Å². The quantitative estimate of drug-likeness (QED) is 0.845. The van der Waals surface area contributed by atoms with E-state index in [1.165, 1.54) is 7.11 Å². The Morgan fingerprint density at radius 1 is 1.53 bits per heavy atom. The fourth-order valence-corrected chi connectivity index (χ4v) is 2.14. The van der Waals surface area contributed by atoms with Gasteiger partial charge in [0, 0.05) is 17.4 Å². The van der Waals surface area contributed by atoms with Gasteiger partial charge in [-0.25, -0.2) is 0 Å². The van der Waals surface area contributed by atoms with Crippen LogP contribution in [0, 0.1) is 0 Å². The molecular formula is C12H13NO3S.